The van der Waals surface area contributed by atoms with E-state index in [1.165, 1.54) is 12.8 Å². The van der Waals surface area contributed by atoms with E-state index in [1.807, 2.05) is 0 Å². The molecule has 0 aromatic carbocycles. The van der Waals surface area contributed by atoms with E-state index in [4.69, 9.17) is 0 Å². The first-order valence-corrected chi connectivity index (χ1v) is 5.50. The van der Waals surface area contributed by atoms with Crippen molar-refractivity contribution in [2.45, 2.75) is 59.0 Å². The van der Waals surface area contributed by atoms with Crippen LogP contribution in [0.3, 0.4) is 0 Å². The highest BCUT2D eigenvalue weighted by Gasteiger charge is 2.14. The van der Waals surface area contributed by atoms with Gasteiger partial charge in [-0.1, -0.05) is 13.8 Å². The maximum atomic E-state index is 3.55. The second-order valence-electron chi connectivity index (χ2n) is 4.47. The van der Waals surface area contributed by atoms with Crippen LogP contribution >= 0.6 is 0 Å². The molecule has 0 saturated carbocycles. The van der Waals surface area contributed by atoms with Gasteiger partial charge in [-0.25, -0.2) is 0 Å². The van der Waals surface area contributed by atoms with E-state index < -0.39 is 0 Å². The Labute approximate surface area is 83.5 Å². The van der Waals surface area contributed by atoms with Crippen molar-refractivity contribution in [3.8, 4) is 0 Å². The van der Waals surface area contributed by atoms with Crippen molar-refractivity contribution in [3.05, 3.63) is 0 Å². The van der Waals surface area contributed by atoms with Crippen molar-refractivity contribution < 1.29 is 0 Å². The van der Waals surface area contributed by atoms with Crippen molar-refractivity contribution in [3.63, 3.8) is 0 Å². The summed E-state index contributed by atoms with van der Waals surface area (Å²) in [6, 6.07) is 0.575. The summed E-state index contributed by atoms with van der Waals surface area (Å²) in [7, 11) is 0. The highest BCUT2D eigenvalue weighted by atomic mass is 15.0. The van der Waals surface area contributed by atoms with Crippen LogP contribution in [-0.2, 0) is 0 Å². The van der Waals surface area contributed by atoms with Gasteiger partial charge in [0.2, 0.25) is 0 Å². The molecule has 0 aliphatic carbocycles. The van der Waals surface area contributed by atoms with Gasteiger partial charge in [0, 0.05) is 18.1 Å². The van der Waals surface area contributed by atoms with Crippen LogP contribution in [0.2, 0.25) is 0 Å². The van der Waals surface area contributed by atoms with Gasteiger partial charge in [0.1, 0.15) is 0 Å². The van der Waals surface area contributed by atoms with Gasteiger partial charge < -0.3 is 10.6 Å². The topological polar surface area (TPSA) is 24.1 Å². The zero-order valence-corrected chi connectivity index (χ0v) is 9.91. The van der Waals surface area contributed by atoms with Crippen LogP contribution < -0.4 is 10.6 Å². The first-order valence-electron chi connectivity index (χ1n) is 5.50. The molecule has 0 spiro atoms. The first kappa shape index (κ1) is 12.9. The van der Waals surface area contributed by atoms with E-state index in [1.54, 1.807) is 0 Å². The predicted molar refractivity (Wildman–Crippen MR) is 60.1 cm³/mol. The van der Waals surface area contributed by atoms with Crippen LogP contribution in [0.1, 0.15) is 47.5 Å². The van der Waals surface area contributed by atoms with Gasteiger partial charge in [-0.05, 0) is 40.2 Å². The molecule has 0 aliphatic rings. The summed E-state index contributed by atoms with van der Waals surface area (Å²) in [6.45, 7) is 13.3. The first-order chi connectivity index (χ1) is 6.02. The fourth-order valence-corrected chi connectivity index (χ4v) is 1.02. The van der Waals surface area contributed by atoms with E-state index >= 15 is 0 Å². The maximum Gasteiger partial charge on any atom is 0.0164 e. The Kier molecular flexibility index (Phi) is 6.35. The Morgan fingerprint density at radius 2 is 1.85 bits per heavy atom. The molecule has 2 heteroatoms. The Morgan fingerprint density at radius 1 is 1.23 bits per heavy atom. The van der Waals surface area contributed by atoms with Crippen LogP contribution in [0.25, 0.3) is 0 Å². The number of nitrogens with one attached hydrogen (secondary N) is 2. The molecule has 0 aliphatic heterocycles. The molecule has 0 radical (unpaired) electrons. The lowest BCUT2D eigenvalue weighted by atomic mass is 10.0. The molecule has 13 heavy (non-hydrogen) atoms. The predicted octanol–water partition coefficient (Wildman–Crippen LogP) is 2.15. The fraction of sp³-hybridized carbons (Fsp3) is 1.00. The monoisotopic (exact) mass is 186 g/mol. The molecule has 0 amide bonds. The lowest BCUT2D eigenvalue weighted by Gasteiger charge is -2.27. The molecule has 80 valence electrons. The van der Waals surface area contributed by atoms with Gasteiger partial charge in [0.05, 0.1) is 0 Å². The summed E-state index contributed by atoms with van der Waals surface area (Å²) in [6.07, 6.45) is 2.38. The third kappa shape index (κ3) is 7.03. The van der Waals surface area contributed by atoms with Crippen LogP contribution in [0.4, 0.5) is 0 Å². The summed E-state index contributed by atoms with van der Waals surface area (Å²) in [4.78, 5) is 0. The van der Waals surface area contributed by atoms with Gasteiger partial charge in [-0.15, -0.1) is 0 Å². The van der Waals surface area contributed by atoms with Crippen LogP contribution in [0.5, 0.6) is 0 Å². The summed E-state index contributed by atoms with van der Waals surface area (Å²) in [5, 5.41) is 7.02. The summed E-state index contributed by atoms with van der Waals surface area (Å²) >= 11 is 0. The minimum Gasteiger partial charge on any atom is -0.313 e. The molecule has 1 unspecified atom stereocenters. The standard InChI is InChI=1S/C11H26N2/c1-6-8-12-10(3)9-13-11(4,5)7-2/h10,12-13H,6-9H2,1-5H3. The smallest absolute Gasteiger partial charge is 0.0164 e. The molecule has 0 aromatic rings. The van der Waals surface area contributed by atoms with Gasteiger partial charge in [0.25, 0.3) is 0 Å². The van der Waals surface area contributed by atoms with Crippen molar-refractivity contribution in [1.82, 2.24) is 10.6 Å². The van der Waals surface area contributed by atoms with Crippen molar-refractivity contribution in [1.29, 1.82) is 0 Å². The second kappa shape index (κ2) is 6.39. The van der Waals surface area contributed by atoms with Crippen LogP contribution in [0.15, 0.2) is 0 Å². The van der Waals surface area contributed by atoms with E-state index in [9.17, 15) is 0 Å². The number of hydrogen-bond donors (Lipinski definition) is 2. The molecule has 2 N–H and O–H groups in total. The van der Waals surface area contributed by atoms with Crippen molar-refractivity contribution >= 4 is 0 Å². The summed E-state index contributed by atoms with van der Waals surface area (Å²) in [5.41, 5.74) is 0.280. The lowest BCUT2D eigenvalue weighted by Crippen LogP contribution is -2.46. The minimum absolute atomic E-state index is 0.280. The molecule has 0 saturated heterocycles. The average molecular weight is 186 g/mol. The van der Waals surface area contributed by atoms with E-state index in [0.717, 1.165) is 13.1 Å². The molecule has 0 bridgehead atoms. The van der Waals surface area contributed by atoms with Gasteiger partial charge in [0.15, 0.2) is 0 Å². The number of rotatable bonds is 7. The van der Waals surface area contributed by atoms with Gasteiger partial charge >= 0.3 is 0 Å². The molecule has 0 heterocycles. The highest BCUT2D eigenvalue weighted by Crippen LogP contribution is 2.06. The average Bonchev–Trinajstić information content (AvgIpc) is 2.11. The van der Waals surface area contributed by atoms with Gasteiger partial charge in [-0.2, -0.15) is 0 Å². The third-order valence-corrected chi connectivity index (χ3v) is 2.51. The Bertz CT molecular complexity index is 121. The SMILES string of the molecule is CCCNC(C)CNC(C)(C)CC. The second-order valence-corrected chi connectivity index (χ2v) is 4.47. The normalized spacial score (nSPS) is 14.5. The Balaban J connectivity index is 3.51. The van der Waals surface area contributed by atoms with Crippen molar-refractivity contribution in [2.75, 3.05) is 13.1 Å². The minimum atomic E-state index is 0.280. The zero-order valence-electron chi connectivity index (χ0n) is 9.91. The fourth-order valence-electron chi connectivity index (χ4n) is 1.02. The number of hydrogen-bond acceptors (Lipinski definition) is 2. The van der Waals surface area contributed by atoms with Crippen LogP contribution in [-0.4, -0.2) is 24.7 Å². The Hall–Kier alpha value is -0.0800. The zero-order chi connectivity index (χ0) is 10.3. The van der Waals surface area contributed by atoms with Crippen LogP contribution in [0, 0.1) is 0 Å². The molecular weight excluding hydrogens is 160 g/mol. The van der Waals surface area contributed by atoms with Gasteiger partial charge in [-0.3, -0.25) is 0 Å². The molecule has 0 fully saturated rings. The third-order valence-electron chi connectivity index (χ3n) is 2.51. The van der Waals surface area contributed by atoms with E-state index in [0.29, 0.717) is 6.04 Å². The quantitative estimate of drug-likeness (QED) is 0.636. The van der Waals surface area contributed by atoms with E-state index in [-0.39, 0.29) is 5.54 Å². The highest BCUT2D eigenvalue weighted by molar-refractivity contribution is 4.77. The molecule has 2 nitrogen and oxygen atoms in total. The lowest BCUT2D eigenvalue weighted by molar-refractivity contribution is 0.352. The summed E-state index contributed by atoms with van der Waals surface area (Å²) < 4.78 is 0. The van der Waals surface area contributed by atoms with E-state index in [2.05, 4.69) is 45.3 Å². The molecular formula is C11H26N2. The molecule has 0 rings (SSSR count). The van der Waals surface area contributed by atoms with Crippen molar-refractivity contribution in [2.24, 2.45) is 0 Å². The molecule has 1 atom stereocenters. The summed E-state index contributed by atoms with van der Waals surface area (Å²) in [5.74, 6) is 0. The largest absolute Gasteiger partial charge is 0.313 e. The maximum absolute atomic E-state index is 3.55. The molecule has 0 aromatic heterocycles. The Morgan fingerprint density at radius 3 is 2.31 bits per heavy atom.